The highest BCUT2D eigenvalue weighted by Crippen LogP contribution is 2.27. The predicted octanol–water partition coefficient (Wildman–Crippen LogP) is 2.88. The molecule has 0 radical (unpaired) electrons. The van der Waals surface area contributed by atoms with Crippen molar-refractivity contribution in [3.8, 4) is 0 Å². The first-order valence-electron chi connectivity index (χ1n) is 7.84. The van der Waals surface area contributed by atoms with Crippen LogP contribution in [0.1, 0.15) is 12.1 Å². The molecular weight excluding hydrogens is 395 g/mol. The molecular formula is C15H17ClF3N3O3S. The summed E-state index contributed by atoms with van der Waals surface area (Å²) in [6.45, 7) is 1.27. The van der Waals surface area contributed by atoms with Gasteiger partial charge in [-0.2, -0.15) is 17.5 Å². The molecule has 26 heavy (non-hydrogen) atoms. The zero-order valence-corrected chi connectivity index (χ0v) is 15.4. The van der Waals surface area contributed by atoms with E-state index in [-0.39, 0.29) is 6.04 Å². The molecule has 1 aliphatic rings. The number of alkyl halides is 3. The fraction of sp³-hybridized carbons (Fsp3) is 0.533. The molecule has 1 fully saturated rings. The van der Waals surface area contributed by atoms with E-state index in [1.165, 1.54) is 7.05 Å². The van der Waals surface area contributed by atoms with Gasteiger partial charge in [-0.15, -0.1) is 0 Å². The number of hydrogen-bond donors (Lipinski definition) is 0. The average molecular weight is 412 g/mol. The van der Waals surface area contributed by atoms with Crippen LogP contribution in [0.4, 0.5) is 13.2 Å². The second-order valence-corrected chi connectivity index (χ2v) is 8.90. The van der Waals surface area contributed by atoms with Crippen LogP contribution in [0.15, 0.2) is 22.7 Å². The predicted molar refractivity (Wildman–Crippen MR) is 90.3 cm³/mol. The SMILES string of the molecule is CN(C1CN(Cc2noc3ccc(Cl)cc23)C1)S(=O)(=O)CCC(F)(F)F. The minimum atomic E-state index is -4.49. The fourth-order valence-electron chi connectivity index (χ4n) is 2.80. The van der Waals surface area contributed by atoms with Crippen molar-refractivity contribution in [3.05, 3.63) is 28.9 Å². The van der Waals surface area contributed by atoms with Gasteiger partial charge >= 0.3 is 6.18 Å². The molecule has 144 valence electrons. The van der Waals surface area contributed by atoms with E-state index in [4.69, 9.17) is 16.1 Å². The first-order valence-corrected chi connectivity index (χ1v) is 9.82. The van der Waals surface area contributed by atoms with Crippen molar-refractivity contribution in [1.82, 2.24) is 14.4 Å². The summed E-state index contributed by atoms with van der Waals surface area (Å²) in [4.78, 5) is 1.94. The molecule has 0 amide bonds. The van der Waals surface area contributed by atoms with Crippen LogP contribution in [0.2, 0.25) is 5.02 Å². The molecule has 1 aliphatic heterocycles. The maximum absolute atomic E-state index is 12.3. The first-order chi connectivity index (χ1) is 12.0. The van der Waals surface area contributed by atoms with Crippen LogP contribution in [-0.2, 0) is 16.6 Å². The molecule has 3 rings (SSSR count). The van der Waals surface area contributed by atoms with Gasteiger partial charge in [0.15, 0.2) is 5.58 Å². The summed E-state index contributed by atoms with van der Waals surface area (Å²) >= 11 is 5.97. The Morgan fingerprint density at radius 1 is 1.38 bits per heavy atom. The molecule has 0 N–H and O–H groups in total. The Hall–Kier alpha value is -1.36. The monoisotopic (exact) mass is 411 g/mol. The molecule has 0 unspecified atom stereocenters. The van der Waals surface area contributed by atoms with Crippen LogP contribution in [-0.4, -0.2) is 60.9 Å². The Balaban J connectivity index is 1.57. The molecule has 1 aromatic heterocycles. The van der Waals surface area contributed by atoms with Gasteiger partial charge in [-0.25, -0.2) is 8.42 Å². The third kappa shape index (κ3) is 4.30. The number of sulfonamides is 1. The fourth-order valence-corrected chi connectivity index (χ4v) is 4.34. The Labute approximate surface area is 153 Å². The maximum atomic E-state index is 12.3. The topological polar surface area (TPSA) is 66.7 Å². The van der Waals surface area contributed by atoms with Crippen LogP contribution in [0.3, 0.4) is 0 Å². The van der Waals surface area contributed by atoms with Gasteiger partial charge < -0.3 is 4.52 Å². The summed E-state index contributed by atoms with van der Waals surface area (Å²) in [5, 5.41) is 5.34. The standard InChI is InChI=1S/C15H17ClF3N3O3S/c1-21(26(23,24)5-4-15(17,18)19)11-7-22(8-11)9-13-12-6-10(16)2-3-14(12)25-20-13/h2-3,6,11H,4-5,7-9H2,1H3. The molecule has 1 aromatic carbocycles. The van der Waals surface area contributed by atoms with E-state index < -0.39 is 28.4 Å². The normalized spacial score (nSPS) is 17.2. The number of aromatic nitrogens is 1. The second kappa shape index (κ2) is 6.99. The summed E-state index contributed by atoms with van der Waals surface area (Å²) in [7, 11) is -2.63. The smallest absolute Gasteiger partial charge is 0.356 e. The van der Waals surface area contributed by atoms with Gasteiger partial charge in [0.2, 0.25) is 10.0 Å². The molecule has 0 aliphatic carbocycles. The molecule has 0 bridgehead atoms. The Bertz CT molecular complexity index is 894. The average Bonchev–Trinajstić information content (AvgIpc) is 2.89. The van der Waals surface area contributed by atoms with Crippen molar-refractivity contribution in [3.63, 3.8) is 0 Å². The van der Waals surface area contributed by atoms with Gasteiger partial charge in [0.05, 0.1) is 12.2 Å². The zero-order chi connectivity index (χ0) is 19.1. The summed E-state index contributed by atoms with van der Waals surface area (Å²) in [6, 6.07) is 4.80. The molecule has 2 aromatic rings. The third-order valence-electron chi connectivity index (χ3n) is 4.41. The Morgan fingerprint density at radius 3 is 2.73 bits per heavy atom. The van der Waals surface area contributed by atoms with Crippen molar-refractivity contribution in [1.29, 1.82) is 0 Å². The van der Waals surface area contributed by atoms with Gasteiger partial charge in [0, 0.05) is 43.1 Å². The number of nitrogens with zero attached hydrogens (tertiary/aromatic N) is 3. The van der Waals surface area contributed by atoms with Gasteiger partial charge in [-0.1, -0.05) is 16.8 Å². The molecule has 2 heterocycles. The van der Waals surface area contributed by atoms with E-state index in [1.807, 2.05) is 4.90 Å². The quantitative estimate of drug-likeness (QED) is 0.731. The highest BCUT2D eigenvalue weighted by molar-refractivity contribution is 7.89. The summed E-state index contributed by atoms with van der Waals surface area (Å²) in [6.07, 6.45) is -5.84. The van der Waals surface area contributed by atoms with Crippen molar-refractivity contribution in [2.75, 3.05) is 25.9 Å². The van der Waals surface area contributed by atoms with E-state index in [0.29, 0.717) is 35.9 Å². The lowest BCUT2D eigenvalue weighted by Crippen LogP contribution is -2.59. The van der Waals surface area contributed by atoms with E-state index in [0.717, 1.165) is 9.69 Å². The number of fused-ring (bicyclic) bond motifs is 1. The molecule has 0 saturated carbocycles. The highest BCUT2D eigenvalue weighted by atomic mass is 35.5. The van der Waals surface area contributed by atoms with Crippen LogP contribution < -0.4 is 0 Å². The van der Waals surface area contributed by atoms with Crippen LogP contribution >= 0.6 is 11.6 Å². The number of rotatable bonds is 6. The minimum Gasteiger partial charge on any atom is -0.356 e. The number of likely N-dealkylation sites (N-methyl/N-ethyl adjacent to an activating group) is 1. The van der Waals surface area contributed by atoms with Crippen LogP contribution in [0.25, 0.3) is 11.0 Å². The van der Waals surface area contributed by atoms with Gasteiger partial charge in [0.25, 0.3) is 0 Å². The summed E-state index contributed by atoms with van der Waals surface area (Å²) < 4.78 is 67.1. The van der Waals surface area contributed by atoms with Crippen molar-refractivity contribution in [2.24, 2.45) is 0 Å². The van der Waals surface area contributed by atoms with Crippen molar-refractivity contribution in [2.45, 2.75) is 25.2 Å². The summed E-state index contributed by atoms with van der Waals surface area (Å²) in [5.74, 6) is -0.935. The summed E-state index contributed by atoms with van der Waals surface area (Å²) in [5.41, 5.74) is 1.29. The largest absolute Gasteiger partial charge is 0.390 e. The van der Waals surface area contributed by atoms with Crippen molar-refractivity contribution < 1.29 is 26.1 Å². The Kier molecular flexibility index (Phi) is 5.22. The number of halogens is 4. The highest BCUT2D eigenvalue weighted by Gasteiger charge is 2.38. The third-order valence-corrected chi connectivity index (χ3v) is 6.55. The number of likely N-dealkylation sites (tertiary alicyclic amines) is 1. The van der Waals surface area contributed by atoms with Crippen molar-refractivity contribution >= 4 is 32.6 Å². The lowest BCUT2D eigenvalue weighted by atomic mass is 10.1. The first kappa shape index (κ1) is 19.4. The van der Waals surface area contributed by atoms with E-state index >= 15 is 0 Å². The molecule has 11 heteroatoms. The lowest BCUT2D eigenvalue weighted by Gasteiger charge is -2.43. The molecule has 6 nitrogen and oxygen atoms in total. The second-order valence-electron chi connectivity index (χ2n) is 6.32. The molecule has 0 atom stereocenters. The molecule has 0 spiro atoms. The minimum absolute atomic E-state index is 0.352. The zero-order valence-electron chi connectivity index (χ0n) is 13.8. The van der Waals surface area contributed by atoms with E-state index in [1.54, 1.807) is 18.2 Å². The van der Waals surface area contributed by atoms with E-state index in [2.05, 4.69) is 5.16 Å². The Morgan fingerprint density at radius 2 is 2.08 bits per heavy atom. The van der Waals surface area contributed by atoms with E-state index in [9.17, 15) is 21.6 Å². The lowest BCUT2D eigenvalue weighted by molar-refractivity contribution is -0.130. The number of benzene rings is 1. The van der Waals surface area contributed by atoms with Gasteiger partial charge in [-0.05, 0) is 18.2 Å². The van der Waals surface area contributed by atoms with Gasteiger partial charge in [0.1, 0.15) is 5.69 Å². The van der Waals surface area contributed by atoms with Crippen LogP contribution in [0.5, 0.6) is 0 Å². The van der Waals surface area contributed by atoms with Crippen LogP contribution in [0, 0.1) is 0 Å². The maximum Gasteiger partial charge on any atom is 0.390 e. The molecule has 1 saturated heterocycles. The van der Waals surface area contributed by atoms with Gasteiger partial charge in [-0.3, -0.25) is 4.90 Å². The number of hydrogen-bond acceptors (Lipinski definition) is 5.